The fourth-order valence-corrected chi connectivity index (χ4v) is 4.27. The van der Waals surface area contributed by atoms with Gasteiger partial charge in [0.15, 0.2) is 0 Å². The van der Waals surface area contributed by atoms with E-state index in [2.05, 4.69) is 15.0 Å². The number of nitrogens with one attached hydrogen (secondary N) is 2. The maximum absolute atomic E-state index is 12.6. The fourth-order valence-electron chi connectivity index (χ4n) is 2.60. The third-order valence-electron chi connectivity index (χ3n) is 4.19. The van der Waals surface area contributed by atoms with Crippen LogP contribution in [-0.4, -0.2) is 25.9 Å². The minimum atomic E-state index is -3.62. The summed E-state index contributed by atoms with van der Waals surface area (Å²) < 4.78 is 33.0. The van der Waals surface area contributed by atoms with E-state index >= 15 is 0 Å². The van der Waals surface area contributed by atoms with Crippen LogP contribution in [0.4, 0.5) is 5.69 Å². The average molecular weight is 446 g/mol. The molecule has 0 aliphatic heterocycles. The highest BCUT2D eigenvalue weighted by Crippen LogP contribution is 2.19. The molecule has 0 fully saturated rings. The Kier molecular flexibility index (Phi) is 7.56. The molecule has 1 aromatic heterocycles. The van der Waals surface area contributed by atoms with E-state index in [0.717, 1.165) is 18.5 Å². The Hall–Kier alpha value is -2.75. The van der Waals surface area contributed by atoms with Gasteiger partial charge in [-0.05, 0) is 42.8 Å². The summed E-state index contributed by atoms with van der Waals surface area (Å²) in [6.45, 7) is 2.69. The molecule has 7 nitrogen and oxygen atoms in total. The van der Waals surface area contributed by atoms with Gasteiger partial charge in [0.1, 0.15) is 12.4 Å². The van der Waals surface area contributed by atoms with E-state index < -0.39 is 10.0 Å². The standard InChI is InChI=1S/C21H23N3O4S2/c1-2-3-10-23-30(26,27)20-9-5-7-17(12-20)24-21(25)16-6-4-8-19(11-16)28-13-18-14-29-15-22-18/h4-9,11-12,14-15,23H,2-3,10,13H2,1H3,(H,24,25). The second-order valence-corrected chi connectivity index (χ2v) is 9.02. The number of amides is 1. The fraction of sp³-hybridized carbons (Fsp3) is 0.238. The Labute approximate surface area is 180 Å². The molecule has 2 N–H and O–H groups in total. The number of anilines is 1. The van der Waals surface area contributed by atoms with Crippen molar-refractivity contribution in [2.75, 3.05) is 11.9 Å². The Morgan fingerprint density at radius 3 is 2.77 bits per heavy atom. The lowest BCUT2D eigenvalue weighted by molar-refractivity contribution is 0.102. The summed E-state index contributed by atoms with van der Waals surface area (Å²) in [7, 11) is -3.62. The highest BCUT2D eigenvalue weighted by molar-refractivity contribution is 7.89. The summed E-state index contributed by atoms with van der Waals surface area (Å²) in [4.78, 5) is 16.9. The molecule has 0 saturated heterocycles. The number of thiazole rings is 1. The number of nitrogens with zero attached hydrogens (tertiary/aromatic N) is 1. The first kappa shape index (κ1) is 21.9. The largest absolute Gasteiger partial charge is 0.487 e. The monoisotopic (exact) mass is 445 g/mol. The number of unbranched alkanes of at least 4 members (excludes halogenated alkanes) is 1. The highest BCUT2D eigenvalue weighted by atomic mass is 32.2. The van der Waals surface area contributed by atoms with E-state index in [0.29, 0.717) is 30.2 Å². The van der Waals surface area contributed by atoms with E-state index in [4.69, 9.17) is 4.74 Å². The summed E-state index contributed by atoms with van der Waals surface area (Å²) >= 11 is 1.49. The number of hydrogen-bond acceptors (Lipinski definition) is 6. The molecule has 0 atom stereocenters. The van der Waals surface area contributed by atoms with Gasteiger partial charge < -0.3 is 10.1 Å². The second kappa shape index (κ2) is 10.3. The highest BCUT2D eigenvalue weighted by Gasteiger charge is 2.15. The zero-order valence-electron chi connectivity index (χ0n) is 16.5. The molecule has 0 saturated carbocycles. The maximum Gasteiger partial charge on any atom is 0.255 e. The molecule has 2 aromatic carbocycles. The third-order valence-corrected chi connectivity index (χ3v) is 6.29. The molecule has 3 rings (SSSR count). The van der Waals surface area contributed by atoms with E-state index in [-0.39, 0.29) is 10.8 Å². The summed E-state index contributed by atoms with van der Waals surface area (Å²) in [5.74, 6) is 0.190. The van der Waals surface area contributed by atoms with Crippen molar-refractivity contribution >= 4 is 33.0 Å². The molecule has 0 spiro atoms. The van der Waals surface area contributed by atoms with Gasteiger partial charge in [-0.2, -0.15) is 0 Å². The normalized spacial score (nSPS) is 11.2. The molecule has 1 heterocycles. The van der Waals surface area contributed by atoms with Crippen LogP contribution < -0.4 is 14.8 Å². The van der Waals surface area contributed by atoms with E-state index in [9.17, 15) is 13.2 Å². The minimum Gasteiger partial charge on any atom is -0.487 e. The molecule has 9 heteroatoms. The van der Waals surface area contributed by atoms with Gasteiger partial charge in [-0.25, -0.2) is 18.1 Å². The smallest absolute Gasteiger partial charge is 0.255 e. The third kappa shape index (κ3) is 6.12. The van der Waals surface area contributed by atoms with Gasteiger partial charge in [0.25, 0.3) is 5.91 Å². The van der Waals surface area contributed by atoms with Crippen molar-refractivity contribution in [3.8, 4) is 5.75 Å². The van der Waals surface area contributed by atoms with Crippen molar-refractivity contribution in [2.24, 2.45) is 0 Å². The summed E-state index contributed by atoms with van der Waals surface area (Å²) in [5, 5.41) is 4.63. The lowest BCUT2D eigenvalue weighted by atomic mass is 10.2. The van der Waals surface area contributed by atoms with Gasteiger partial charge in [-0.15, -0.1) is 11.3 Å². The number of carbonyl (C=O) groups is 1. The van der Waals surface area contributed by atoms with Crippen molar-refractivity contribution in [3.05, 3.63) is 70.7 Å². The van der Waals surface area contributed by atoms with Gasteiger partial charge >= 0.3 is 0 Å². The number of benzene rings is 2. The quantitative estimate of drug-likeness (QED) is 0.459. The number of rotatable bonds is 10. The minimum absolute atomic E-state index is 0.108. The lowest BCUT2D eigenvalue weighted by Gasteiger charge is -2.10. The Bertz CT molecular complexity index is 1080. The lowest BCUT2D eigenvalue weighted by Crippen LogP contribution is -2.24. The van der Waals surface area contributed by atoms with Crippen molar-refractivity contribution in [3.63, 3.8) is 0 Å². The molecule has 30 heavy (non-hydrogen) atoms. The van der Waals surface area contributed by atoms with Gasteiger partial charge in [0.05, 0.1) is 16.1 Å². The molecular formula is C21H23N3O4S2. The molecule has 3 aromatic rings. The first-order valence-electron chi connectivity index (χ1n) is 9.49. The molecule has 158 valence electrons. The zero-order valence-corrected chi connectivity index (χ0v) is 18.1. The van der Waals surface area contributed by atoms with Crippen LogP contribution in [-0.2, 0) is 16.6 Å². The topological polar surface area (TPSA) is 97.4 Å². The Morgan fingerprint density at radius 2 is 2.00 bits per heavy atom. The molecular weight excluding hydrogens is 422 g/mol. The van der Waals surface area contributed by atoms with Crippen LogP contribution in [0.15, 0.2) is 64.3 Å². The van der Waals surface area contributed by atoms with Gasteiger partial charge in [0, 0.05) is 23.2 Å². The van der Waals surface area contributed by atoms with Crippen molar-refractivity contribution in [1.29, 1.82) is 0 Å². The van der Waals surface area contributed by atoms with Crippen molar-refractivity contribution in [2.45, 2.75) is 31.3 Å². The predicted molar refractivity (Wildman–Crippen MR) is 117 cm³/mol. The van der Waals surface area contributed by atoms with Crippen LogP contribution in [0.1, 0.15) is 35.8 Å². The second-order valence-electron chi connectivity index (χ2n) is 6.53. The van der Waals surface area contributed by atoms with Crippen molar-refractivity contribution in [1.82, 2.24) is 9.71 Å². The van der Waals surface area contributed by atoms with Crippen LogP contribution in [0.2, 0.25) is 0 Å². The van der Waals surface area contributed by atoms with E-state index in [1.165, 1.54) is 23.5 Å². The molecule has 0 unspecified atom stereocenters. The average Bonchev–Trinajstić information content (AvgIpc) is 3.26. The maximum atomic E-state index is 12.6. The van der Waals surface area contributed by atoms with E-state index in [1.807, 2.05) is 12.3 Å². The predicted octanol–water partition coefficient (Wildman–Crippen LogP) is 4.05. The van der Waals surface area contributed by atoms with Gasteiger partial charge in [0.2, 0.25) is 10.0 Å². The SMILES string of the molecule is CCCCNS(=O)(=O)c1cccc(NC(=O)c2cccc(OCc3cscn3)c2)c1. The molecule has 0 aliphatic rings. The summed E-state index contributed by atoms with van der Waals surface area (Å²) in [5.41, 5.74) is 3.35. The Balaban J connectivity index is 1.66. The van der Waals surface area contributed by atoms with Crippen LogP contribution in [0.5, 0.6) is 5.75 Å². The number of ether oxygens (including phenoxy) is 1. The van der Waals surface area contributed by atoms with Gasteiger partial charge in [-0.3, -0.25) is 4.79 Å². The first-order valence-corrected chi connectivity index (χ1v) is 11.9. The summed E-state index contributed by atoms with van der Waals surface area (Å²) in [6.07, 6.45) is 1.65. The van der Waals surface area contributed by atoms with Crippen LogP contribution in [0, 0.1) is 0 Å². The zero-order chi connectivity index (χ0) is 21.4. The summed E-state index contributed by atoms with van der Waals surface area (Å²) in [6, 6.07) is 13.0. The van der Waals surface area contributed by atoms with Crippen LogP contribution in [0.25, 0.3) is 0 Å². The van der Waals surface area contributed by atoms with Crippen molar-refractivity contribution < 1.29 is 17.9 Å². The number of aromatic nitrogens is 1. The Morgan fingerprint density at radius 1 is 1.17 bits per heavy atom. The molecule has 0 aliphatic carbocycles. The van der Waals surface area contributed by atoms with Crippen LogP contribution >= 0.6 is 11.3 Å². The number of hydrogen-bond donors (Lipinski definition) is 2. The number of sulfonamides is 1. The van der Waals surface area contributed by atoms with Gasteiger partial charge in [-0.1, -0.05) is 25.5 Å². The number of carbonyl (C=O) groups excluding carboxylic acids is 1. The van der Waals surface area contributed by atoms with E-state index in [1.54, 1.807) is 41.9 Å². The molecule has 0 bridgehead atoms. The molecule has 0 radical (unpaired) electrons. The first-order chi connectivity index (χ1) is 14.5. The van der Waals surface area contributed by atoms with Crippen LogP contribution in [0.3, 0.4) is 0 Å². The molecule has 1 amide bonds.